The second kappa shape index (κ2) is 4.63. The predicted octanol–water partition coefficient (Wildman–Crippen LogP) is 4.40. The maximum atomic E-state index is 9.31. The molecule has 4 rings (SSSR count). The summed E-state index contributed by atoms with van der Waals surface area (Å²) in [5.41, 5.74) is 3.59. The largest absolute Gasteiger partial charge is 0.361 e. The van der Waals surface area contributed by atoms with Crippen LogP contribution in [0.4, 0.5) is 5.69 Å². The van der Waals surface area contributed by atoms with Gasteiger partial charge in [0, 0.05) is 28.5 Å². The molecule has 2 aromatic carbocycles. The molecule has 2 aliphatic heterocycles. The summed E-state index contributed by atoms with van der Waals surface area (Å²) < 4.78 is 0. The number of hydrogen-bond acceptors (Lipinski definition) is 2. The summed E-state index contributed by atoms with van der Waals surface area (Å²) in [7, 11) is 0. The molecule has 0 spiro atoms. The van der Waals surface area contributed by atoms with Gasteiger partial charge in [-0.2, -0.15) is 5.26 Å². The van der Waals surface area contributed by atoms with Crippen molar-refractivity contribution in [2.75, 3.05) is 4.90 Å². The summed E-state index contributed by atoms with van der Waals surface area (Å²) in [4.78, 5) is 2.58. The van der Waals surface area contributed by atoms with E-state index in [4.69, 9.17) is 0 Å². The first-order chi connectivity index (χ1) is 10.3. The summed E-state index contributed by atoms with van der Waals surface area (Å²) >= 11 is 0. The summed E-state index contributed by atoms with van der Waals surface area (Å²) in [6.45, 7) is 2.25. The highest BCUT2D eigenvalue weighted by Crippen LogP contribution is 2.41. The molecule has 0 aromatic heterocycles. The van der Waals surface area contributed by atoms with Crippen LogP contribution in [0.15, 0.2) is 48.0 Å². The van der Waals surface area contributed by atoms with Crippen LogP contribution in [-0.2, 0) is 0 Å². The van der Waals surface area contributed by atoms with E-state index in [1.165, 1.54) is 35.9 Å². The highest BCUT2D eigenvalue weighted by Gasteiger charge is 2.36. The molecular weight excluding hydrogens is 256 g/mol. The molecule has 2 heteroatoms. The highest BCUT2D eigenvalue weighted by atomic mass is 15.2. The molecule has 2 heterocycles. The van der Waals surface area contributed by atoms with Crippen molar-refractivity contribution in [1.29, 1.82) is 5.26 Å². The van der Waals surface area contributed by atoms with Crippen LogP contribution in [-0.4, -0.2) is 12.1 Å². The Morgan fingerprint density at radius 2 is 1.90 bits per heavy atom. The third-order valence-electron chi connectivity index (χ3n) is 4.88. The molecular formula is C19H18N2. The van der Waals surface area contributed by atoms with E-state index in [1.54, 1.807) is 0 Å². The van der Waals surface area contributed by atoms with Crippen LogP contribution in [0, 0.1) is 11.3 Å². The maximum Gasteiger partial charge on any atom is 0.0998 e. The Labute approximate surface area is 125 Å². The lowest BCUT2D eigenvalue weighted by Crippen LogP contribution is -2.38. The molecule has 2 nitrogen and oxygen atoms in total. The van der Waals surface area contributed by atoms with Crippen molar-refractivity contribution >= 4 is 16.5 Å². The van der Waals surface area contributed by atoms with Crippen molar-refractivity contribution < 1.29 is 0 Å². The number of nitrogens with zero attached hydrogens (tertiary/aromatic N) is 2. The minimum atomic E-state index is 0.528. The highest BCUT2D eigenvalue weighted by molar-refractivity contribution is 5.98. The molecule has 0 amide bonds. The van der Waals surface area contributed by atoms with Crippen LogP contribution in [0.5, 0.6) is 0 Å². The summed E-state index contributed by atoms with van der Waals surface area (Å²) in [6.07, 6.45) is 6.12. The van der Waals surface area contributed by atoms with Crippen molar-refractivity contribution in [3.8, 4) is 6.07 Å². The minimum absolute atomic E-state index is 0.528. The molecule has 2 bridgehead atoms. The Bertz CT molecular complexity index is 782. The van der Waals surface area contributed by atoms with Gasteiger partial charge in [-0.05, 0) is 38.3 Å². The second-order valence-electron chi connectivity index (χ2n) is 6.21. The number of benzene rings is 2. The number of rotatable bonds is 1. The lowest BCUT2D eigenvalue weighted by atomic mass is 9.98. The molecule has 0 radical (unpaired) electrons. The Kier molecular flexibility index (Phi) is 2.75. The first kappa shape index (κ1) is 12.5. The fourth-order valence-electron chi connectivity index (χ4n) is 4.03. The zero-order valence-electron chi connectivity index (χ0n) is 12.2. The average molecular weight is 274 g/mol. The standard InChI is InChI=1S/C19H18N2/c1-13-10-15-7-8-16(11-13)21(15)19-9-6-14(12-20)17-4-2-3-5-18(17)19/h2-6,9-10,15-16H,7-8,11H2,1H3. The lowest BCUT2D eigenvalue weighted by Gasteiger charge is -2.36. The van der Waals surface area contributed by atoms with E-state index in [9.17, 15) is 5.26 Å². The molecule has 2 aromatic rings. The molecule has 2 unspecified atom stereocenters. The van der Waals surface area contributed by atoms with Gasteiger partial charge in [-0.3, -0.25) is 0 Å². The van der Waals surface area contributed by atoms with Gasteiger partial charge in [0.15, 0.2) is 0 Å². The van der Waals surface area contributed by atoms with E-state index in [0.717, 1.165) is 10.9 Å². The summed E-state index contributed by atoms with van der Waals surface area (Å²) in [5, 5.41) is 11.6. The van der Waals surface area contributed by atoms with Crippen molar-refractivity contribution in [3.63, 3.8) is 0 Å². The fourth-order valence-corrected chi connectivity index (χ4v) is 4.03. The normalized spacial score (nSPS) is 24.0. The topological polar surface area (TPSA) is 27.0 Å². The van der Waals surface area contributed by atoms with Crippen molar-refractivity contribution in [2.45, 2.75) is 38.3 Å². The molecule has 0 N–H and O–H groups in total. The predicted molar refractivity (Wildman–Crippen MR) is 86.3 cm³/mol. The molecule has 2 atom stereocenters. The van der Waals surface area contributed by atoms with Crippen LogP contribution < -0.4 is 4.90 Å². The fraction of sp³-hybridized carbons (Fsp3) is 0.316. The Hall–Kier alpha value is -2.27. The van der Waals surface area contributed by atoms with Crippen molar-refractivity contribution in [1.82, 2.24) is 0 Å². The Balaban J connectivity index is 1.91. The monoisotopic (exact) mass is 274 g/mol. The number of nitriles is 1. The van der Waals surface area contributed by atoms with Gasteiger partial charge in [0.05, 0.1) is 11.6 Å². The van der Waals surface area contributed by atoms with Gasteiger partial charge in [-0.1, -0.05) is 35.9 Å². The zero-order valence-corrected chi connectivity index (χ0v) is 12.2. The van der Waals surface area contributed by atoms with E-state index in [2.05, 4.69) is 48.2 Å². The third kappa shape index (κ3) is 1.85. The Morgan fingerprint density at radius 1 is 1.10 bits per heavy atom. The van der Waals surface area contributed by atoms with Crippen LogP contribution in [0.3, 0.4) is 0 Å². The first-order valence-electron chi connectivity index (χ1n) is 7.65. The lowest BCUT2D eigenvalue weighted by molar-refractivity contribution is 0.629. The van der Waals surface area contributed by atoms with E-state index in [1.807, 2.05) is 12.1 Å². The molecule has 104 valence electrons. The van der Waals surface area contributed by atoms with Crippen LogP contribution in [0.1, 0.15) is 31.7 Å². The van der Waals surface area contributed by atoms with E-state index < -0.39 is 0 Å². The van der Waals surface area contributed by atoms with Crippen LogP contribution in [0.25, 0.3) is 10.8 Å². The second-order valence-corrected chi connectivity index (χ2v) is 6.21. The van der Waals surface area contributed by atoms with Gasteiger partial charge < -0.3 is 4.90 Å². The number of anilines is 1. The minimum Gasteiger partial charge on any atom is -0.361 e. The molecule has 2 aliphatic rings. The molecule has 1 fully saturated rings. The zero-order chi connectivity index (χ0) is 14.4. The summed E-state index contributed by atoms with van der Waals surface area (Å²) in [5.74, 6) is 0. The van der Waals surface area contributed by atoms with Crippen molar-refractivity contribution in [3.05, 3.63) is 53.6 Å². The van der Waals surface area contributed by atoms with Gasteiger partial charge in [0.25, 0.3) is 0 Å². The van der Waals surface area contributed by atoms with Gasteiger partial charge in [-0.25, -0.2) is 0 Å². The molecule has 1 saturated heterocycles. The van der Waals surface area contributed by atoms with Gasteiger partial charge in [0.2, 0.25) is 0 Å². The van der Waals surface area contributed by atoms with Gasteiger partial charge >= 0.3 is 0 Å². The van der Waals surface area contributed by atoms with E-state index in [-0.39, 0.29) is 0 Å². The van der Waals surface area contributed by atoms with Gasteiger partial charge in [0.1, 0.15) is 0 Å². The van der Waals surface area contributed by atoms with E-state index >= 15 is 0 Å². The van der Waals surface area contributed by atoms with Crippen LogP contribution >= 0.6 is 0 Å². The Morgan fingerprint density at radius 3 is 2.67 bits per heavy atom. The molecule has 21 heavy (non-hydrogen) atoms. The maximum absolute atomic E-state index is 9.31. The van der Waals surface area contributed by atoms with Crippen LogP contribution in [0.2, 0.25) is 0 Å². The number of hydrogen-bond donors (Lipinski definition) is 0. The smallest absolute Gasteiger partial charge is 0.0998 e. The van der Waals surface area contributed by atoms with Gasteiger partial charge in [-0.15, -0.1) is 0 Å². The average Bonchev–Trinajstić information content (AvgIpc) is 2.77. The third-order valence-corrected chi connectivity index (χ3v) is 4.88. The summed E-state index contributed by atoms with van der Waals surface area (Å²) in [6, 6.07) is 15.9. The number of fused-ring (bicyclic) bond motifs is 3. The SMILES string of the molecule is CC1=CC2CCC(C1)N2c1ccc(C#N)c2ccccc12. The first-order valence-corrected chi connectivity index (χ1v) is 7.65. The quantitative estimate of drug-likeness (QED) is 0.721. The van der Waals surface area contributed by atoms with E-state index in [0.29, 0.717) is 12.1 Å². The molecule has 0 aliphatic carbocycles. The molecule has 0 saturated carbocycles. The van der Waals surface area contributed by atoms with Crippen molar-refractivity contribution in [2.24, 2.45) is 0 Å².